The first kappa shape index (κ1) is 26.7. The van der Waals surface area contributed by atoms with Gasteiger partial charge in [0.1, 0.15) is 0 Å². The first-order chi connectivity index (χ1) is 18.5. The molecule has 8 heteroatoms. The molecule has 0 amide bonds. The average molecular weight is 582 g/mol. The molecule has 2 aromatic heterocycles. The summed E-state index contributed by atoms with van der Waals surface area (Å²) >= 11 is -1.80. The summed E-state index contributed by atoms with van der Waals surface area (Å²) in [5.41, 5.74) is 0.826. The molecule has 0 radical (unpaired) electrons. The second-order valence-electron chi connectivity index (χ2n) is 8.57. The second kappa shape index (κ2) is 12.3. The van der Waals surface area contributed by atoms with Gasteiger partial charge < -0.3 is 0 Å². The van der Waals surface area contributed by atoms with Crippen molar-refractivity contribution in [3.05, 3.63) is 145 Å². The van der Waals surface area contributed by atoms with Crippen LogP contribution in [0.2, 0.25) is 8.45 Å². The molecule has 0 saturated carbocycles. The number of nitrogens with zero attached hydrogens (tertiary/aromatic N) is 2. The summed E-state index contributed by atoms with van der Waals surface area (Å²) in [5, 5.41) is 0. The maximum absolute atomic E-state index is 14.5. The van der Waals surface area contributed by atoms with Crippen LogP contribution in [0, 0.1) is 23.3 Å². The molecule has 38 heavy (non-hydrogen) atoms. The van der Waals surface area contributed by atoms with Gasteiger partial charge >= 0.3 is 238 Å². The third-order valence-electron chi connectivity index (χ3n) is 6.02. The van der Waals surface area contributed by atoms with Crippen molar-refractivity contribution in [3.8, 4) is 11.4 Å². The Morgan fingerprint density at radius 3 is 1.18 bits per heavy atom. The summed E-state index contributed by atoms with van der Waals surface area (Å²) in [6.45, 7) is 0. The van der Waals surface area contributed by atoms with Gasteiger partial charge in [-0.15, -0.1) is 0 Å². The minimum atomic E-state index is -0.901. The standard InChI is InChI=1S/2C10H6F2N.2C5H5.2Ti/c2*11-8-3-4-10(9(12)7-8)13-5-1-2-6-13;2*1-2-4-5-3-1;;/h2*1-6H;2*1-5H;;. The molecule has 0 fully saturated rings. The fraction of sp³-hybridized carbons (Fsp3) is 0.0667. The van der Waals surface area contributed by atoms with Crippen molar-refractivity contribution >= 4 is 7.74 Å². The molecule has 2 heterocycles. The molecule has 0 atom stereocenters. The normalized spacial score (nSPS) is 14.2. The van der Waals surface area contributed by atoms with Crippen molar-refractivity contribution in [2.45, 2.75) is 8.45 Å². The Bertz CT molecular complexity index is 1380. The molecular formula is C30H22F4N2Ti2. The summed E-state index contributed by atoms with van der Waals surface area (Å²) in [4.78, 5) is 0. The Morgan fingerprint density at radius 2 is 0.842 bits per heavy atom. The third kappa shape index (κ3) is 6.05. The third-order valence-corrected chi connectivity index (χ3v) is 10.6. The van der Waals surface area contributed by atoms with Crippen molar-refractivity contribution in [1.82, 2.24) is 9.13 Å². The summed E-state index contributed by atoms with van der Waals surface area (Å²) < 4.78 is 60.9. The average Bonchev–Trinajstić information content (AvgIpc) is 3.74. The molecule has 2 aliphatic carbocycles. The summed E-state index contributed by atoms with van der Waals surface area (Å²) in [6.07, 6.45) is 22.8. The van der Waals surface area contributed by atoms with Crippen molar-refractivity contribution < 1.29 is 55.9 Å². The van der Waals surface area contributed by atoms with Gasteiger partial charge in [0.2, 0.25) is 0 Å². The van der Waals surface area contributed by atoms with Crippen molar-refractivity contribution in [1.29, 1.82) is 0 Å². The van der Waals surface area contributed by atoms with Gasteiger partial charge in [0.15, 0.2) is 0 Å². The molecule has 2 nitrogen and oxygen atoms in total. The van der Waals surface area contributed by atoms with Crippen LogP contribution in [0.4, 0.5) is 17.6 Å². The summed E-state index contributed by atoms with van der Waals surface area (Å²) in [5.74, 6) is -1.71. The van der Waals surface area contributed by atoms with E-state index in [1.165, 1.54) is 24.3 Å². The van der Waals surface area contributed by atoms with Crippen LogP contribution in [-0.2, 0) is 38.3 Å². The van der Waals surface area contributed by atoms with Crippen LogP contribution in [-0.4, -0.2) is 9.13 Å². The van der Waals surface area contributed by atoms with E-state index in [0.29, 0.717) is 11.4 Å². The number of halogens is 4. The van der Waals surface area contributed by atoms with E-state index in [0.717, 1.165) is 0 Å². The van der Waals surface area contributed by atoms with Crippen LogP contribution >= 0.6 is 0 Å². The zero-order valence-corrected chi connectivity index (χ0v) is 23.2. The maximum atomic E-state index is 14.5. The predicted molar refractivity (Wildman–Crippen MR) is 135 cm³/mol. The van der Waals surface area contributed by atoms with Gasteiger partial charge in [0.25, 0.3) is 0 Å². The number of allylic oxidation sites excluding steroid dienone is 8. The van der Waals surface area contributed by atoms with E-state index in [-0.39, 0.29) is 16.2 Å². The zero-order chi connectivity index (χ0) is 26.5. The Kier molecular flexibility index (Phi) is 8.65. The van der Waals surface area contributed by atoms with Crippen molar-refractivity contribution in [2.24, 2.45) is 0 Å². The molecule has 0 bridgehead atoms. The molecule has 4 aromatic rings. The second-order valence-corrected chi connectivity index (χ2v) is 13.1. The molecule has 2 aromatic carbocycles. The van der Waals surface area contributed by atoms with E-state index in [1.54, 1.807) is 33.9 Å². The zero-order valence-electron chi connectivity index (χ0n) is 20.1. The van der Waals surface area contributed by atoms with E-state index in [2.05, 4.69) is 0 Å². The molecule has 6 rings (SSSR count). The monoisotopic (exact) mass is 582 g/mol. The number of aromatic nitrogens is 2. The van der Waals surface area contributed by atoms with Crippen molar-refractivity contribution in [2.75, 3.05) is 0 Å². The summed E-state index contributed by atoms with van der Waals surface area (Å²) in [7, 11) is 0. The van der Waals surface area contributed by atoms with E-state index in [9.17, 15) is 17.6 Å². The molecule has 0 spiro atoms. The van der Waals surface area contributed by atoms with Gasteiger partial charge in [-0.2, -0.15) is 0 Å². The Hall–Kier alpha value is -2.89. The quantitative estimate of drug-likeness (QED) is 0.176. The molecule has 0 aliphatic heterocycles. The van der Waals surface area contributed by atoms with Crippen LogP contribution in [0.5, 0.6) is 0 Å². The van der Waals surface area contributed by atoms with Gasteiger partial charge in [-0.3, -0.25) is 0 Å². The van der Waals surface area contributed by atoms with Gasteiger partial charge in [-0.05, 0) is 0 Å². The van der Waals surface area contributed by atoms with Crippen molar-refractivity contribution in [3.63, 3.8) is 0 Å². The molecule has 0 N–H and O–H groups in total. The fourth-order valence-corrected chi connectivity index (χ4v) is 7.95. The number of hydrogen-bond acceptors (Lipinski definition) is 0. The molecule has 2 aliphatic rings. The Morgan fingerprint density at radius 1 is 0.500 bits per heavy atom. The number of benzene rings is 2. The first-order valence-corrected chi connectivity index (χ1v) is 15.3. The molecular weight excluding hydrogens is 560 g/mol. The molecule has 0 unspecified atom stereocenters. The van der Waals surface area contributed by atoms with Gasteiger partial charge in [0, 0.05) is 0 Å². The molecule has 188 valence electrons. The van der Waals surface area contributed by atoms with Crippen LogP contribution in [0.25, 0.3) is 11.4 Å². The Balaban J connectivity index is 0.000000155. The summed E-state index contributed by atoms with van der Waals surface area (Å²) in [6, 6.07) is 13.0. The van der Waals surface area contributed by atoms with E-state index in [1.807, 2.05) is 72.9 Å². The van der Waals surface area contributed by atoms with Crippen LogP contribution < -0.4 is 7.74 Å². The SMILES string of the molecule is Fc1ccc(-n2cccc2)c(F)[c]1[Ti][CH]1C=CC=C1.Fc1ccc(-n2cccc2)c(F)[c]1[Ti][CH]1C=CC=C1. The first-order valence-electron chi connectivity index (χ1n) is 12.0. The minimum absolute atomic E-state index is 0.198. The topological polar surface area (TPSA) is 9.86 Å². The van der Waals surface area contributed by atoms with Crippen LogP contribution in [0.3, 0.4) is 0 Å². The van der Waals surface area contributed by atoms with Gasteiger partial charge in [0.05, 0.1) is 0 Å². The van der Waals surface area contributed by atoms with E-state index < -0.39 is 61.6 Å². The van der Waals surface area contributed by atoms with E-state index in [4.69, 9.17) is 0 Å². The predicted octanol–water partition coefficient (Wildman–Crippen LogP) is 6.76. The Labute approximate surface area is 236 Å². The number of hydrogen-bond donors (Lipinski definition) is 0. The van der Waals surface area contributed by atoms with E-state index >= 15 is 0 Å². The molecule has 0 saturated heterocycles. The number of rotatable bonds is 6. The fourth-order valence-electron chi connectivity index (χ4n) is 4.13. The van der Waals surface area contributed by atoms with Gasteiger partial charge in [-0.25, -0.2) is 0 Å². The van der Waals surface area contributed by atoms with Gasteiger partial charge in [-0.1, -0.05) is 0 Å². The van der Waals surface area contributed by atoms with Crippen LogP contribution in [0.15, 0.2) is 122 Å². The van der Waals surface area contributed by atoms with Crippen LogP contribution in [0.1, 0.15) is 0 Å².